The van der Waals surface area contributed by atoms with Crippen molar-refractivity contribution < 1.29 is 4.79 Å². The van der Waals surface area contributed by atoms with E-state index in [9.17, 15) is 4.79 Å². The fourth-order valence-electron chi connectivity index (χ4n) is 3.21. The van der Waals surface area contributed by atoms with Gasteiger partial charge in [0.25, 0.3) is 5.91 Å². The lowest BCUT2D eigenvalue weighted by atomic mass is 10.0. The van der Waals surface area contributed by atoms with Gasteiger partial charge in [-0.2, -0.15) is 0 Å². The van der Waals surface area contributed by atoms with Gasteiger partial charge in [-0.3, -0.25) is 4.79 Å². The van der Waals surface area contributed by atoms with Crippen LogP contribution < -0.4 is 10.2 Å². The third-order valence-corrected chi connectivity index (χ3v) is 4.78. The van der Waals surface area contributed by atoms with Gasteiger partial charge in [-0.15, -0.1) is 0 Å². The van der Waals surface area contributed by atoms with Crippen molar-refractivity contribution in [3.8, 4) is 0 Å². The molecular formula is C19H23ClN4O. The van der Waals surface area contributed by atoms with Crippen LogP contribution in [0.4, 0.5) is 11.6 Å². The monoisotopic (exact) mass is 358 g/mol. The Morgan fingerprint density at radius 2 is 2.04 bits per heavy atom. The number of hydrogen-bond acceptors (Lipinski definition) is 4. The van der Waals surface area contributed by atoms with Crippen LogP contribution in [-0.2, 0) is 0 Å². The standard InChI is InChI=1S/C19H23ClN4O/c1-3-16-6-4-5-11-24(16)19-21-13(2)12-17(23-19)18(25)22-15-9-7-14(20)8-10-15/h7-10,12,16H,3-6,11H2,1-2H3,(H,22,25). The van der Waals surface area contributed by atoms with E-state index in [2.05, 4.69) is 27.1 Å². The highest BCUT2D eigenvalue weighted by Crippen LogP contribution is 2.24. The van der Waals surface area contributed by atoms with Gasteiger partial charge in [0.05, 0.1) is 0 Å². The Balaban J connectivity index is 1.83. The van der Waals surface area contributed by atoms with Gasteiger partial charge in [-0.25, -0.2) is 9.97 Å². The molecule has 1 aromatic heterocycles. The molecule has 0 bridgehead atoms. The van der Waals surface area contributed by atoms with E-state index in [1.54, 1.807) is 30.3 Å². The second-order valence-corrected chi connectivity index (χ2v) is 6.84. The first-order valence-electron chi connectivity index (χ1n) is 8.76. The van der Waals surface area contributed by atoms with E-state index in [4.69, 9.17) is 11.6 Å². The van der Waals surface area contributed by atoms with E-state index in [0.717, 1.165) is 31.5 Å². The lowest BCUT2D eigenvalue weighted by Gasteiger charge is -2.35. The highest BCUT2D eigenvalue weighted by Gasteiger charge is 2.24. The van der Waals surface area contributed by atoms with Crippen LogP contribution in [0, 0.1) is 6.92 Å². The molecule has 5 nitrogen and oxygen atoms in total. The predicted octanol–water partition coefficient (Wildman–Crippen LogP) is 4.46. The van der Waals surface area contributed by atoms with Gasteiger partial charge in [-0.1, -0.05) is 18.5 Å². The first kappa shape index (κ1) is 17.7. The number of carbonyl (C=O) groups excluding carboxylic acids is 1. The molecule has 2 aromatic rings. The van der Waals surface area contributed by atoms with Gasteiger partial charge in [0, 0.05) is 29.0 Å². The van der Waals surface area contributed by atoms with Crippen LogP contribution in [-0.4, -0.2) is 28.5 Å². The summed E-state index contributed by atoms with van der Waals surface area (Å²) >= 11 is 5.88. The zero-order chi connectivity index (χ0) is 17.8. The summed E-state index contributed by atoms with van der Waals surface area (Å²) in [6, 6.07) is 9.20. The number of aryl methyl sites for hydroxylation is 1. The van der Waals surface area contributed by atoms with E-state index in [1.807, 2.05) is 6.92 Å². The van der Waals surface area contributed by atoms with E-state index in [1.165, 1.54) is 6.42 Å². The van der Waals surface area contributed by atoms with Gasteiger partial charge < -0.3 is 10.2 Å². The normalized spacial score (nSPS) is 17.4. The molecule has 0 saturated carbocycles. The van der Waals surface area contributed by atoms with Gasteiger partial charge in [0.15, 0.2) is 0 Å². The number of anilines is 2. The molecule has 1 amide bonds. The largest absolute Gasteiger partial charge is 0.338 e. The van der Waals surface area contributed by atoms with Crippen LogP contribution in [0.3, 0.4) is 0 Å². The van der Waals surface area contributed by atoms with Crippen molar-refractivity contribution in [3.63, 3.8) is 0 Å². The maximum Gasteiger partial charge on any atom is 0.274 e. The molecule has 25 heavy (non-hydrogen) atoms. The van der Waals surface area contributed by atoms with Gasteiger partial charge in [0.2, 0.25) is 5.95 Å². The Labute approximate surface area is 153 Å². The molecule has 132 valence electrons. The number of amides is 1. The topological polar surface area (TPSA) is 58.1 Å². The Morgan fingerprint density at radius 1 is 1.28 bits per heavy atom. The third kappa shape index (κ3) is 4.28. The second-order valence-electron chi connectivity index (χ2n) is 6.41. The molecule has 2 heterocycles. The number of halogens is 1. The van der Waals surface area contributed by atoms with Crippen molar-refractivity contribution >= 4 is 29.1 Å². The predicted molar refractivity (Wildman–Crippen MR) is 101 cm³/mol. The van der Waals surface area contributed by atoms with Gasteiger partial charge in [0.1, 0.15) is 5.69 Å². The number of hydrogen-bond donors (Lipinski definition) is 1. The molecule has 3 rings (SSSR count). The zero-order valence-electron chi connectivity index (χ0n) is 14.6. The second kappa shape index (κ2) is 7.83. The quantitative estimate of drug-likeness (QED) is 0.876. The molecule has 6 heteroatoms. The summed E-state index contributed by atoms with van der Waals surface area (Å²) in [7, 11) is 0. The summed E-state index contributed by atoms with van der Waals surface area (Å²) in [6.45, 7) is 5.03. The number of nitrogens with one attached hydrogen (secondary N) is 1. The fraction of sp³-hybridized carbons (Fsp3) is 0.421. The number of rotatable bonds is 4. The minimum atomic E-state index is -0.237. The van der Waals surface area contributed by atoms with E-state index < -0.39 is 0 Å². The highest BCUT2D eigenvalue weighted by molar-refractivity contribution is 6.30. The van der Waals surface area contributed by atoms with Gasteiger partial charge >= 0.3 is 0 Å². The number of carbonyl (C=O) groups is 1. The SMILES string of the molecule is CCC1CCCCN1c1nc(C)cc(C(=O)Nc2ccc(Cl)cc2)n1. The van der Waals surface area contributed by atoms with Crippen LogP contribution in [0.2, 0.25) is 5.02 Å². The van der Waals surface area contributed by atoms with Gasteiger partial charge in [-0.05, 0) is 62.9 Å². The van der Waals surface area contributed by atoms with Crippen molar-refractivity contribution in [3.05, 3.63) is 46.7 Å². The summed E-state index contributed by atoms with van der Waals surface area (Å²) in [5.41, 5.74) is 1.88. The molecule has 0 radical (unpaired) electrons. The molecule has 0 aliphatic carbocycles. The molecule has 0 spiro atoms. The minimum absolute atomic E-state index is 0.237. The van der Waals surface area contributed by atoms with Crippen LogP contribution >= 0.6 is 11.6 Å². The molecular weight excluding hydrogens is 336 g/mol. The van der Waals surface area contributed by atoms with Crippen molar-refractivity contribution in [2.75, 3.05) is 16.8 Å². The first-order valence-corrected chi connectivity index (χ1v) is 9.14. The molecule has 1 saturated heterocycles. The molecule has 1 N–H and O–H groups in total. The molecule has 1 unspecified atom stereocenters. The molecule has 1 atom stereocenters. The summed E-state index contributed by atoms with van der Waals surface area (Å²) in [5, 5.41) is 3.49. The number of piperidine rings is 1. The van der Waals surface area contributed by atoms with Crippen LogP contribution in [0.1, 0.15) is 48.8 Å². The maximum atomic E-state index is 12.6. The lowest BCUT2D eigenvalue weighted by Crippen LogP contribution is -2.40. The van der Waals surface area contributed by atoms with Crippen molar-refractivity contribution in [2.24, 2.45) is 0 Å². The summed E-state index contributed by atoms with van der Waals surface area (Å²) in [4.78, 5) is 23.9. The van der Waals surface area contributed by atoms with E-state index in [-0.39, 0.29) is 5.91 Å². The Bertz CT molecular complexity index is 748. The average Bonchev–Trinajstić information content (AvgIpc) is 2.63. The molecule has 1 aliphatic heterocycles. The van der Waals surface area contributed by atoms with Crippen molar-refractivity contribution in [2.45, 2.75) is 45.6 Å². The number of nitrogens with zero attached hydrogens (tertiary/aromatic N) is 3. The van der Waals surface area contributed by atoms with Crippen LogP contribution in [0.5, 0.6) is 0 Å². The van der Waals surface area contributed by atoms with Crippen molar-refractivity contribution in [1.29, 1.82) is 0 Å². The average molecular weight is 359 g/mol. The lowest BCUT2D eigenvalue weighted by molar-refractivity contribution is 0.102. The smallest absolute Gasteiger partial charge is 0.274 e. The molecule has 1 aromatic carbocycles. The van der Waals surface area contributed by atoms with Crippen molar-refractivity contribution in [1.82, 2.24) is 9.97 Å². The summed E-state index contributed by atoms with van der Waals surface area (Å²) in [6.07, 6.45) is 4.59. The highest BCUT2D eigenvalue weighted by atomic mass is 35.5. The zero-order valence-corrected chi connectivity index (χ0v) is 15.4. The fourth-order valence-corrected chi connectivity index (χ4v) is 3.34. The minimum Gasteiger partial charge on any atom is -0.338 e. The molecule has 1 fully saturated rings. The van der Waals surface area contributed by atoms with Crippen LogP contribution in [0.25, 0.3) is 0 Å². The maximum absolute atomic E-state index is 12.6. The number of aromatic nitrogens is 2. The molecule has 1 aliphatic rings. The first-order chi connectivity index (χ1) is 12.1. The van der Waals surface area contributed by atoms with Crippen LogP contribution in [0.15, 0.2) is 30.3 Å². The summed E-state index contributed by atoms with van der Waals surface area (Å²) < 4.78 is 0. The Hall–Kier alpha value is -2.14. The van der Waals surface area contributed by atoms with E-state index >= 15 is 0 Å². The Morgan fingerprint density at radius 3 is 2.76 bits per heavy atom. The summed E-state index contributed by atoms with van der Waals surface area (Å²) in [5.74, 6) is 0.423. The Kier molecular flexibility index (Phi) is 5.53. The third-order valence-electron chi connectivity index (χ3n) is 4.53. The van der Waals surface area contributed by atoms with E-state index in [0.29, 0.717) is 28.4 Å². The number of benzene rings is 1.